The van der Waals surface area contributed by atoms with Crippen molar-refractivity contribution in [1.29, 1.82) is 0 Å². The van der Waals surface area contributed by atoms with Gasteiger partial charge in [-0.15, -0.1) is 0 Å². The van der Waals surface area contributed by atoms with E-state index < -0.39 is 0 Å². The molecule has 1 heterocycles. The van der Waals surface area contributed by atoms with E-state index in [0.29, 0.717) is 13.0 Å². The average molecular weight is 369 g/mol. The molecule has 0 saturated carbocycles. The van der Waals surface area contributed by atoms with Gasteiger partial charge in [-0.2, -0.15) is 0 Å². The Kier molecular flexibility index (Phi) is 7.25. The predicted octanol–water partition coefficient (Wildman–Crippen LogP) is 1.54. The molecule has 1 aliphatic heterocycles. The number of ether oxygens (including phenoxy) is 2. The van der Waals surface area contributed by atoms with Crippen LogP contribution < -0.4 is 15.0 Å². The van der Waals surface area contributed by atoms with Gasteiger partial charge >= 0.3 is 0 Å². The molecule has 0 aliphatic carbocycles. The average Bonchev–Trinajstić information content (AvgIpc) is 2.70. The van der Waals surface area contributed by atoms with E-state index in [1.807, 2.05) is 49.4 Å². The zero-order chi connectivity index (χ0) is 18.9. The van der Waals surface area contributed by atoms with Crippen LogP contribution in [0.1, 0.15) is 23.6 Å². The standard InChI is InChI=1S/C22H28N2O3/c1-18-7-5-6-10-21(18)27-14-11-22(25)23-20(19-8-3-2-4-9-19)17-24-12-15-26-16-13-24/h2-10,20H,11-17H2,1H3,(H,23,25)/p+1/t20-/m0/s1. The van der Waals surface area contributed by atoms with Crippen LogP contribution in [0.3, 0.4) is 0 Å². The molecule has 0 bridgehead atoms. The Balaban J connectivity index is 1.54. The minimum absolute atomic E-state index is 0.00487. The van der Waals surface area contributed by atoms with Gasteiger partial charge in [-0.25, -0.2) is 0 Å². The quantitative estimate of drug-likeness (QED) is 0.742. The number of benzene rings is 2. The summed E-state index contributed by atoms with van der Waals surface area (Å²) >= 11 is 0. The fourth-order valence-corrected chi connectivity index (χ4v) is 3.33. The van der Waals surface area contributed by atoms with Gasteiger partial charge in [0, 0.05) is 0 Å². The second-order valence-corrected chi connectivity index (χ2v) is 6.96. The van der Waals surface area contributed by atoms with Crippen molar-refractivity contribution in [2.75, 3.05) is 39.5 Å². The summed E-state index contributed by atoms with van der Waals surface area (Å²) in [5, 5.41) is 3.20. The minimum Gasteiger partial charge on any atom is -0.493 e. The van der Waals surface area contributed by atoms with Crippen molar-refractivity contribution in [3.63, 3.8) is 0 Å². The predicted molar refractivity (Wildman–Crippen MR) is 105 cm³/mol. The number of hydrogen-bond acceptors (Lipinski definition) is 3. The molecule has 27 heavy (non-hydrogen) atoms. The highest BCUT2D eigenvalue weighted by Crippen LogP contribution is 2.16. The number of nitrogens with one attached hydrogen (secondary N) is 2. The topological polar surface area (TPSA) is 52.0 Å². The maximum Gasteiger partial charge on any atom is 0.224 e. The second kappa shape index (κ2) is 10.1. The Morgan fingerprint density at radius 2 is 1.81 bits per heavy atom. The summed E-state index contributed by atoms with van der Waals surface area (Å²) in [4.78, 5) is 14.0. The lowest BCUT2D eigenvalue weighted by Crippen LogP contribution is -3.14. The molecule has 3 rings (SSSR count). The fourth-order valence-electron chi connectivity index (χ4n) is 3.33. The third-order valence-corrected chi connectivity index (χ3v) is 4.91. The van der Waals surface area contributed by atoms with Crippen LogP contribution in [0.15, 0.2) is 54.6 Å². The van der Waals surface area contributed by atoms with Crippen molar-refractivity contribution in [3.05, 3.63) is 65.7 Å². The summed E-state index contributed by atoms with van der Waals surface area (Å²) in [6.07, 6.45) is 0.343. The molecule has 5 nitrogen and oxygen atoms in total. The summed E-state index contributed by atoms with van der Waals surface area (Å²) in [5.41, 5.74) is 2.22. The molecular formula is C22H29N2O3+. The summed E-state index contributed by atoms with van der Waals surface area (Å²) in [6.45, 7) is 6.79. The van der Waals surface area contributed by atoms with Crippen LogP contribution >= 0.6 is 0 Å². The first-order valence-corrected chi connectivity index (χ1v) is 9.66. The van der Waals surface area contributed by atoms with Crippen LogP contribution in [0.25, 0.3) is 0 Å². The highest BCUT2D eigenvalue weighted by atomic mass is 16.5. The molecule has 144 valence electrons. The zero-order valence-electron chi connectivity index (χ0n) is 15.9. The van der Waals surface area contributed by atoms with Crippen LogP contribution in [0.2, 0.25) is 0 Å². The summed E-state index contributed by atoms with van der Waals surface area (Å²) in [6, 6.07) is 18.1. The van der Waals surface area contributed by atoms with Crippen molar-refractivity contribution >= 4 is 5.91 Å². The number of carbonyl (C=O) groups excluding carboxylic acids is 1. The molecule has 1 aliphatic rings. The SMILES string of the molecule is Cc1ccccc1OCCC(=O)N[C@@H](C[NH+]1CCOCC1)c1ccccc1. The summed E-state index contributed by atoms with van der Waals surface area (Å²) in [7, 11) is 0. The van der Waals surface area contributed by atoms with Gasteiger partial charge < -0.3 is 19.7 Å². The van der Waals surface area contributed by atoms with E-state index in [2.05, 4.69) is 17.4 Å². The van der Waals surface area contributed by atoms with Gasteiger partial charge in [0.2, 0.25) is 5.91 Å². The van der Waals surface area contributed by atoms with Gasteiger partial charge in [-0.3, -0.25) is 4.79 Å². The first-order valence-electron chi connectivity index (χ1n) is 9.66. The van der Waals surface area contributed by atoms with Gasteiger partial charge in [0.05, 0.1) is 26.2 Å². The molecule has 2 aromatic carbocycles. The monoisotopic (exact) mass is 369 g/mol. The van der Waals surface area contributed by atoms with Crippen LogP contribution in [0, 0.1) is 6.92 Å². The smallest absolute Gasteiger partial charge is 0.224 e. The van der Waals surface area contributed by atoms with E-state index in [-0.39, 0.29) is 11.9 Å². The lowest BCUT2D eigenvalue weighted by Gasteiger charge is -2.28. The fraction of sp³-hybridized carbons (Fsp3) is 0.409. The molecule has 5 heteroatoms. The first kappa shape index (κ1) is 19.4. The highest BCUT2D eigenvalue weighted by molar-refractivity contribution is 5.76. The summed E-state index contributed by atoms with van der Waals surface area (Å²) < 4.78 is 11.2. The number of aryl methyl sites for hydroxylation is 1. The number of para-hydroxylation sites is 1. The van der Waals surface area contributed by atoms with Gasteiger partial charge in [0.1, 0.15) is 31.4 Å². The van der Waals surface area contributed by atoms with Crippen molar-refractivity contribution < 1.29 is 19.2 Å². The van der Waals surface area contributed by atoms with Gasteiger partial charge in [0.25, 0.3) is 0 Å². The van der Waals surface area contributed by atoms with Gasteiger partial charge in [-0.1, -0.05) is 48.5 Å². The minimum atomic E-state index is 0.00487. The maximum absolute atomic E-state index is 12.5. The number of rotatable bonds is 8. The number of hydrogen-bond donors (Lipinski definition) is 2. The Morgan fingerprint density at radius 3 is 2.56 bits per heavy atom. The molecule has 0 radical (unpaired) electrons. The molecule has 2 N–H and O–H groups in total. The molecule has 1 fully saturated rings. The Hall–Kier alpha value is -2.37. The van der Waals surface area contributed by atoms with E-state index in [0.717, 1.165) is 49.7 Å². The van der Waals surface area contributed by atoms with Gasteiger partial charge in [-0.05, 0) is 24.1 Å². The third kappa shape index (κ3) is 6.08. The van der Waals surface area contributed by atoms with E-state index in [9.17, 15) is 4.79 Å². The normalized spacial score (nSPS) is 15.9. The van der Waals surface area contributed by atoms with Crippen molar-refractivity contribution in [3.8, 4) is 5.75 Å². The molecule has 0 spiro atoms. The molecule has 0 unspecified atom stereocenters. The van der Waals surface area contributed by atoms with Crippen molar-refractivity contribution in [2.24, 2.45) is 0 Å². The van der Waals surface area contributed by atoms with Crippen LogP contribution in [0.4, 0.5) is 0 Å². The Bertz CT molecular complexity index is 715. The Morgan fingerprint density at radius 1 is 1.11 bits per heavy atom. The first-order chi connectivity index (χ1) is 13.2. The number of carbonyl (C=O) groups is 1. The van der Waals surface area contributed by atoms with E-state index in [4.69, 9.17) is 9.47 Å². The third-order valence-electron chi connectivity index (χ3n) is 4.91. The lowest BCUT2D eigenvalue weighted by molar-refractivity contribution is -0.909. The molecule has 1 atom stereocenters. The molecule has 1 saturated heterocycles. The highest BCUT2D eigenvalue weighted by Gasteiger charge is 2.22. The maximum atomic E-state index is 12.5. The van der Waals surface area contributed by atoms with Crippen LogP contribution in [0.5, 0.6) is 5.75 Å². The van der Waals surface area contributed by atoms with E-state index in [1.165, 1.54) is 4.90 Å². The summed E-state index contributed by atoms with van der Waals surface area (Å²) in [5.74, 6) is 0.854. The van der Waals surface area contributed by atoms with Crippen molar-refractivity contribution in [1.82, 2.24) is 5.32 Å². The number of amides is 1. The van der Waals surface area contributed by atoms with Gasteiger partial charge in [0.15, 0.2) is 0 Å². The Labute approximate surface area is 161 Å². The zero-order valence-corrected chi connectivity index (χ0v) is 15.9. The van der Waals surface area contributed by atoms with Crippen LogP contribution in [-0.2, 0) is 9.53 Å². The van der Waals surface area contributed by atoms with E-state index >= 15 is 0 Å². The molecule has 0 aromatic heterocycles. The second-order valence-electron chi connectivity index (χ2n) is 6.96. The number of morpholine rings is 1. The lowest BCUT2D eigenvalue weighted by atomic mass is 10.1. The largest absolute Gasteiger partial charge is 0.493 e. The number of quaternary nitrogens is 1. The van der Waals surface area contributed by atoms with E-state index in [1.54, 1.807) is 0 Å². The molecule has 2 aromatic rings. The molecule has 1 amide bonds. The van der Waals surface area contributed by atoms with Crippen LogP contribution in [-0.4, -0.2) is 45.4 Å². The molecular weight excluding hydrogens is 340 g/mol. The van der Waals surface area contributed by atoms with Crippen molar-refractivity contribution in [2.45, 2.75) is 19.4 Å².